The summed E-state index contributed by atoms with van der Waals surface area (Å²) in [6.07, 6.45) is -0.104. The lowest BCUT2D eigenvalue weighted by atomic mass is 10.1. The van der Waals surface area contributed by atoms with Gasteiger partial charge in [0.2, 0.25) is 0 Å². The van der Waals surface area contributed by atoms with Crippen LogP contribution in [0.1, 0.15) is 6.42 Å². The maximum absolute atomic E-state index is 13.1. The lowest BCUT2D eigenvalue weighted by molar-refractivity contribution is -0.136. The molecule has 3 rings (SSSR count). The zero-order valence-corrected chi connectivity index (χ0v) is 16.1. The summed E-state index contributed by atoms with van der Waals surface area (Å²) in [7, 11) is -3.99. The van der Waals surface area contributed by atoms with E-state index < -0.39 is 21.8 Å². The van der Waals surface area contributed by atoms with E-state index in [2.05, 4.69) is 4.72 Å². The third-order valence-electron chi connectivity index (χ3n) is 3.92. The highest BCUT2D eigenvalue weighted by Crippen LogP contribution is 2.40. The largest absolute Gasteiger partial charge is 0.506 e. The van der Waals surface area contributed by atoms with E-state index in [9.17, 15) is 22.7 Å². The highest BCUT2D eigenvalue weighted by Gasteiger charge is 2.18. The number of hydrogen-bond donors (Lipinski definition) is 3. The van der Waals surface area contributed by atoms with Crippen LogP contribution in [0.5, 0.6) is 5.75 Å². The summed E-state index contributed by atoms with van der Waals surface area (Å²) in [5.41, 5.74) is 0.232. The summed E-state index contributed by atoms with van der Waals surface area (Å²) in [6.45, 7) is 0. The van der Waals surface area contributed by atoms with Crippen molar-refractivity contribution in [2.24, 2.45) is 0 Å². The summed E-state index contributed by atoms with van der Waals surface area (Å²) in [5.74, 6) is -1.35. The molecular weight excluding hydrogens is 405 g/mol. The third kappa shape index (κ3) is 4.37. The van der Waals surface area contributed by atoms with Crippen LogP contribution >= 0.6 is 11.8 Å². The number of phenolic OH excluding ortho intramolecular Hbond substituents is 1. The van der Waals surface area contributed by atoms with E-state index in [0.717, 1.165) is 36.0 Å². The molecule has 0 atom stereocenters. The number of nitrogens with one attached hydrogen (secondary N) is 1. The molecule has 6 nitrogen and oxygen atoms in total. The van der Waals surface area contributed by atoms with Gasteiger partial charge in [0.15, 0.2) is 0 Å². The molecule has 0 fully saturated rings. The minimum atomic E-state index is -3.99. The number of anilines is 1. The second-order valence-corrected chi connectivity index (χ2v) is 8.69. The van der Waals surface area contributed by atoms with Crippen LogP contribution in [0, 0.1) is 5.82 Å². The van der Waals surface area contributed by atoms with Crippen LogP contribution in [0.2, 0.25) is 0 Å². The molecule has 0 aliphatic carbocycles. The van der Waals surface area contributed by atoms with Crippen LogP contribution in [0.25, 0.3) is 10.8 Å². The number of aliphatic carboxylic acids is 1. The van der Waals surface area contributed by atoms with Crippen molar-refractivity contribution in [1.29, 1.82) is 0 Å². The van der Waals surface area contributed by atoms with Gasteiger partial charge in [-0.3, -0.25) is 9.52 Å². The van der Waals surface area contributed by atoms with E-state index in [1.165, 1.54) is 6.07 Å². The SMILES string of the molecule is O=C(O)CCSc1cc(NS(=O)(=O)c2ccc(F)cc2)c2ccccc2c1O. The molecule has 3 aromatic carbocycles. The molecule has 0 amide bonds. The van der Waals surface area contributed by atoms with Gasteiger partial charge in [0.25, 0.3) is 10.0 Å². The van der Waals surface area contributed by atoms with Gasteiger partial charge in [-0.2, -0.15) is 0 Å². The summed E-state index contributed by atoms with van der Waals surface area (Å²) >= 11 is 1.11. The number of hydrogen-bond acceptors (Lipinski definition) is 5. The fourth-order valence-electron chi connectivity index (χ4n) is 2.59. The second-order valence-electron chi connectivity index (χ2n) is 5.87. The van der Waals surface area contributed by atoms with Crippen LogP contribution in [-0.2, 0) is 14.8 Å². The Labute approximate surface area is 165 Å². The Kier molecular flexibility index (Phi) is 5.76. The molecule has 0 bridgehead atoms. The molecule has 0 aliphatic rings. The Hall–Kier alpha value is -2.78. The van der Waals surface area contributed by atoms with Crippen LogP contribution in [0.15, 0.2) is 64.4 Å². The molecule has 0 spiro atoms. The van der Waals surface area contributed by atoms with Gasteiger partial charge in [-0.05, 0) is 30.3 Å². The number of carboxylic acids is 1. The lowest BCUT2D eigenvalue weighted by Gasteiger charge is -2.15. The molecule has 0 saturated heterocycles. The van der Waals surface area contributed by atoms with Crippen LogP contribution in [-0.4, -0.2) is 30.4 Å². The number of carbonyl (C=O) groups is 1. The summed E-state index contributed by atoms with van der Waals surface area (Å²) in [5, 5.41) is 20.2. The highest BCUT2D eigenvalue weighted by molar-refractivity contribution is 7.99. The van der Waals surface area contributed by atoms with Gasteiger partial charge >= 0.3 is 5.97 Å². The van der Waals surface area contributed by atoms with E-state index in [4.69, 9.17) is 5.11 Å². The molecule has 3 N–H and O–H groups in total. The number of rotatable bonds is 7. The summed E-state index contributed by atoms with van der Waals surface area (Å²) < 4.78 is 40.9. The van der Waals surface area contributed by atoms with Gasteiger partial charge in [0.05, 0.1) is 21.9 Å². The Balaban J connectivity index is 2.02. The van der Waals surface area contributed by atoms with E-state index in [0.29, 0.717) is 15.7 Å². The topological polar surface area (TPSA) is 104 Å². The number of halogens is 1. The molecule has 0 aliphatic heterocycles. The molecule has 0 heterocycles. The van der Waals surface area contributed by atoms with Crippen LogP contribution in [0.4, 0.5) is 10.1 Å². The minimum Gasteiger partial charge on any atom is -0.506 e. The number of aromatic hydroxyl groups is 1. The molecule has 0 radical (unpaired) electrons. The van der Waals surface area contributed by atoms with Crippen molar-refractivity contribution in [3.8, 4) is 5.75 Å². The van der Waals surface area contributed by atoms with Crippen molar-refractivity contribution in [1.82, 2.24) is 0 Å². The lowest BCUT2D eigenvalue weighted by Crippen LogP contribution is -2.13. The molecule has 0 unspecified atom stereocenters. The molecule has 146 valence electrons. The second kappa shape index (κ2) is 8.07. The first-order chi connectivity index (χ1) is 13.3. The van der Waals surface area contributed by atoms with Crippen LogP contribution < -0.4 is 4.72 Å². The third-order valence-corrected chi connectivity index (χ3v) is 6.33. The van der Waals surface area contributed by atoms with Crippen molar-refractivity contribution >= 4 is 44.2 Å². The first-order valence-corrected chi connectivity index (χ1v) is 10.6. The maximum atomic E-state index is 13.1. The zero-order valence-electron chi connectivity index (χ0n) is 14.4. The number of carboxylic acid groups (broad SMARTS) is 1. The average molecular weight is 421 g/mol. The number of phenols is 1. The van der Waals surface area contributed by atoms with Gasteiger partial charge in [-0.15, -0.1) is 11.8 Å². The van der Waals surface area contributed by atoms with Crippen molar-refractivity contribution in [3.63, 3.8) is 0 Å². The summed E-state index contributed by atoms with van der Waals surface area (Å²) in [6, 6.07) is 12.6. The van der Waals surface area contributed by atoms with Gasteiger partial charge in [-0.1, -0.05) is 24.3 Å². The number of benzene rings is 3. The van der Waals surface area contributed by atoms with Crippen molar-refractivity contribution in [3.05, 3.63) is 60.4 Å². The first kappa shape index (κ1) is 20.0. The smallest absolute Gasteiger partial charge is 0.304 e. The van der Waals surface area contributed by atoms with Gasteiger partial charge in [0, 0.05) is 16.5 Å². The predicted octanol–water partition coefficient (Wildman–Crippen LogP) is 4.05. The number of thioether (sulfide) groups is 1. The average Bonchev–Trinajstić information content (AvgIpc) is 2.65. The van der Waals surface area contributed by atoms with Crippen molar-refractivity contribution < 1.29 is 27.8 Å². The normalized spacial score (nSPS) is 11.5. The van der Waals surface area contributed by atoms with Gasteiger partial charge in [-0.25, -0.2) is 12.8 Å². The van der Waals surface area contributed by atoms with Crippen LogP contribution in [0.3, 0.4) is 0 Å². The Morgan fingerprint density at radius 3 is 2.36 bits per heavy atom. The van der Waals surface area contributed by atoms with Crippen molar-refractivity contribution in [2.45, 2.75) is 16.2 Å². The van der Waals surface area contributed by atoms with E-state index in [1.807, 2.05) is 0 Å². The maximum Gasteiger partial charge on any atom is 0.304 e. The fourth-order valence-corrected chi connectivity index (χ4v) is 4.61. The molecule has 9 heteroatoms. The Morgan fingerprint density at radius 1 is 1.07 bits per heavy atom. The van der Waals surface area contributed by atoms with E-state index in [-0.39, 0.29) is 28.5 Å². The molecular formula is C19H16FNO5S2. The van der Waals surface area contributed by atoms with Gasteiger partial charge < -0.3 is 10.2 Å². The Morgan fingerprint density at radius 2 is 1.71 bits per heavy atom. The standard InChI is InChI=1S/C19H16FNO5S2/c20-12-5-7-13(8-6-12)28(25,26)21-16-11-17(27-10-9-18(22)23)19(24)15-4-2-1-3-14(15)16/h1-8,11,21,24H,9-10H2,(H,22,23). The molecule has 3 aromatic rings. The molecule has 28 heavy (non-hydrogen) atoms. The zero-order chi connectivity index (χ0) is 20.3. The van der Waals surface area contributed by atoms with Crippen molar-refractivity contribution in [2.75, 3.05) is 10.5 Å². The fraction of sp³-hybridized carbons (Fsp3) is 0.105. The highest BCUT2D eigenvalue weighted by atomic mass is 32.2. The number of sulfonamides is 1. The number of fused-ring (bicyclic) bond motifs is 1. The quantitative estimate of drug-likeness (QED) is 0.393. The molecule has 0 saturated carbocycles. The summed E-state index contributed by atoms with van der Waals surface area (Å²) in [4.78, 5) is 11.0. The van der Waals surface area contributed by atoms with E-state index in [1.54, 1.807) is 24.3 Å². The van der Waals surface area contributed by atoms with E-state index >= 15 is 0 Å². The Bertz CT molecular complexity index is 1130. The van der Waals surface area contributed by atoms with Gasteiger partial charge in [0.1, 0.15) is 11.6 Å². The minimum absolute atomic E-state index is 0.0456. The molecule has 0 aromatic heterocycles. The predicted molar refractivity (Wildman–Crippen MR) is 106 cm³/mol. The monoisotopic (exact) mass is 421 g/mol. The first-order valence-electron chi connectivity index (χ1n) is 8.15.